The van der Waals surface area contributed by atoms with Crippen molar-refractivity contribution in [2.45, 2.75) is 0 Å². The molecule has 0 saturated heterocycles. The summed E-state index contributed by atoms with van der Waals surface area (Å²) >= 11 is 0. The first-order valence-electron chi connectivity index (χ1n) is 15.5. The summed E-state index contributed by atoms with van der Waals surface area (Å²) in [6, 6.07) is 55.6. The summed E-state index contributed by atoms with van der Waals surface area (Å²) in [4.78, 5) is 0. The number of hydrogen-bond acceptors (Lipinski definition) is 0. The third kappa shape index (κ3) is 2.86. The van der Waals surface area contributed by atoms with E-state index < -0.39 is 0 Å². The third-order valence-corrected chi connectivity index (χ3v) is 9.96. The molecule has 45 heavy (non-hydrogen) atoms. The van der Waals surface area contributed by atoms with E-state index in [1.807, 2.05) is 0 Å². The van der Waals surface area contributed by atoms with Crippen molar-refractivity contribution in [2.75, 3.05) is 0 Å². The van der Waals surface area contributed by atoms with Crippen LogP contribution < -0.4 is 0 Å². The van der Waals surface area contributed by atoms with Crippen molar-refractivity contribution in [3.63, 3.8) is 0 Å². The molecule has 0 aliphatic carbocycles. The summed E-state index contributed by atoms with van der Waals surface area (Å²) < 4.78 is 7.36. The molecule has 0 saturated carbocycles. The number of rotatable bonds is 2. The Kier molecular flexibility index (Phi) is 4.32. The molecule has 11 rings (SSSR count). The number of benzene rings is 7. The Morgan fingerprint density at radius 2 is 0.778 bits per heavy atom. The normalized spacial score (nSPS) is 12.4. The van der Waals surface area contributed by atoms with Crippen molar-refractivity contribution >= 4 is 81.7 Å². The maximum Gasteiger partial charge on any atom is 0.0641 e. The lowest BCUT2D eigenvalue weighted by Gasteiger charge is -2.12. The Balaban J connectivity index is 1.27. The maximum absolute atomic E-state index is 2.49. The van der Waals surface area contributed by atoms with Gasteiger partial charge in [-0.25, -0.2) is 0 Å². The zero-order valence-corrected chi connectivity index (χ0v) is 24.3. The summed E-state index contributed by atoms with van der Waals surface area (Å²) in [6.45, 7) is 0. The third-order valence-electron chi connectivity index (χ3n) is 9.96. The van der Waals surface area contributed by atoms with Gasteiger partial charge in [-0.15, -0.1) is 0 Å². The average Bonchev–Trinajstić information content (AvgIpc) is 3.82. The maximum atomic E-state index is 2.49. The zero-order chi connectivity index (χ0) is 29.2. The minimum absolute atomic E-state index is 1.17. The van der Waals surface area contributed by atoms with Crippen LogP contribution in [-0.2, 0) is 0 Å². The Hall–Kier alpha value is -6.06. The Morgan fingerprint density at radius 3 is 1.42 bits per heavy atom. The number of aromatic nitrogens is 3. The van der Waals surface area contributed by atoms with Crippen molar-refractivity contribution in [2.24, 2.45) is 0 Å². The van der Waals surface area contributed by atoms with Gasteiger partial charge in [-0.05, 0) is 54.6 Å². The highest BCUT2D eigenvalue weighted by molar-refractivity contribution is 6.26. The van der Waals surface area contributed by atoms with Crippen molar-refractivity contribution in [3.8, 4) is 11.4 Å². The van der Waals surface area contributed by atoms with Crippen LogP contribution in [0.5, 0.6) is 0 Å². The van der Waals surface area contributed by atoms with Crippen LogP contribution in [-0.4, -0.2) is 13.5 Å². The molecule has 0 unspecified atom stereocenters. The quantitative estimate of drug-likeness (QED) is 0.196. The molecule has 3 nitrogen and oxygen atoms in total. The van der Waals surface area contributed by atoms with Gasteiger partial charge < -0.3 is 13.5 Å². The Labute approximate surface area is 257 Å². The van der Waals surface area contributed by atoms with E-state index in [1.165, 1.54) is 93.1 Å². The van der Waals surface area contributed by atoms with Gasteiger partial charge in [0.25, 0.3) is 0 Å². The van der Waals surface area contributed by atoms with Crippen molar-refractivity contribution < 1.29 is 0 Å². The monoisotopic (exact) mass is 571 g/mol. The molecule has 11 aromatic rings. The van der Waals surface area contributed by atoms with Crippen LogP contribution in [0, 0.1) is 0 Å². The molecule has 3 heteroatoms. The van der Waals surface area contributed by atoms with Gasteiger partial charge >= 0.3 is 0 Å². The first kappa shape index (κ1) is 23.4. The molecule has 4 heterocycles. The van der Waals surface area contributed by atoms with Gasteiger partial charge in [0.2, 0.25) is 0 Å². The van der Waals surface area contributed by atoms with Crippen LogP contribution in [0.2, 0.25) is 0 Å². The summed E-state index contributed by atoms with van der Waals surface area (Å²) in [6.07, 6.45) is 0. The smallest absolute Gasteiger partial charge is 0.0641 e. The van der Waals surface area contributed by atoms with E-state index in [4.69, 9.17) is 0 Å². The molecular formula is C42H25N3. The van der Waals surface area contributed by atoms with Crippen LogP contribution in [0.1, 0.15) is 0 Å². The first-order valence-corrected chi connectivity index (χ1v) is 15.5. The molecule has 0 bridgehead atoms. The fourth-order valence-electron chi connectivity index (χ4n) is 8.19. The van der Waals surface area contributed by atoms with Crippen LogP contribution in [0.25, 0.3) is 93.1 Å². The highest BCUT2D eigenvalue weighted by Gasteiger charge is 2.23. The van der Waals surface area contributed by atoms with E-state index >= 15 is 0 Å². The molecule has 0 atom stereocenters. The Morgan fingerprint density at radius 1 is 0.311 bits per heavy atom. The molecule has 0 spiro atoms. The van der Waals surface area contributed by atoms with Gasteiger partial charge in [0.05, 0.1) is 44.3 Å². The second-order valence-corrected chi connectivity index (χ2v) is 12.1. The first-order chi connectivity index (χ1) is 22.4. The second-order valence-electron chi connectivity index (χ2n) is 12.1. The van der Waals surface area contributed by atoms with Gasteiger partial charge in [0, 0.05) is 48.8 Å². The zero-order valence-electron chi connectivity index (χ0n) is 24.3. The summed E-state index contributed by atoms with van der Waals surface area (Å²) in [5.41, 5.74) is 11.1. The van der Waals surface area contributed by atoms with Gasteiger partial charge in [0.15, 0.2) is 0 Å². The van der Waals surface area contributed by atoms with Gasteiger partial charge in [-0.3, -0.25) is 0 Å². The highest BCUT2D eigenvalue weighted by Crippen LogP contribution is 2.44. The molecule has 0 aliphatic heterocycles. The molecule has 208 valence electrons. The predicted octanol–water partition coefficient (Wildman–Crippen LogP) is 11.0. The van der Waals surface area contributed by atoms with E-state index in [0.29, 0.717) is 0 Å². The Bertz CT molecular complexity index is 2930. The average molecular weight is 572 g/mol. The van der Waals surface area contributed by atoms with E-state index in [9.17, 15) is 0 Å². The summed E-state index contributed by atoms with van der Waals surface area (Å²) in [7, 11) is 0. The van der Waals surface area contributed by atoms with E-state index in [0.717, 1.165) is 0 Å². The highest BCUT2D eigenvalue weighted by atomic mass is 15.0. The van der Waals surface area contributed by atoms with E-state index in [1.54, 1.807) is 0 Å². The minimum atomic E-state index is 1.17. The molecule has 0 fully saturated rings. The molecular weight excluding hydrogens is 546 g/mol. The van der Waals surface area contributed by atoms with Gasteiger partial charge in [0.1, 0.15) is 0 Å². The van der Waals surface area contributed by atoms with Crippen LogP contribution in [0.3, 0.4) is 0 Å². The number of nitrogens with zero attached hydrogens (tertiary/aromatic N) is 3. The number of hydrogen-bond donors (Lipinski definition) is 0. The van der Waals surface area contributed by atoms with Crippen LogP contribution >= 0.6 is 0 Å². The van der Waals surface area contributed by atoms with Crippen molar-refractivity contribution in [1.82, 2.24) is 13.5 Å². The van der Waals surface area contributed by atoms with E-state index in [-0.39, 0.29) is 0 Å². The van der Waals surface area contributed by atoms with Crippen LogP contribution in [0.15, 0.2) is 152 Å². The fraction of sp³-hybridized carbons (Fsp3) is 0. The molecule has 0 amide bonds. The predicted molar refractivity (Wildman–Crippen MR) is 190 cm³/mol. The lowest BCUT2D eigenvalue weighted by atomic mass is 10.1. The largest absolute Gasteiger partial charge is 0.309 e. The molecule has 4 aromatic heterocycles. The SMILES string of the molecule is c1ccc2c(c1)c1ccccc1n2-c1ccc2c(c1)c1ccccc1n2-c1ccc2c3ccccc3n3c4ccccc4c1c23. The molecule has 0 aliphatic rings. The second kappa shape index (κ2) is 8.31. The molecule has 7 aromatic carbocycles. The summed E-state index contributed by atoms with van der Waals surface area (Å²) in [5.74, 6) is 0. The van der Waals surface area contributed by atoms with Crippen LogP contribution in [0.4, 0.5) is 0 Å². The topological polar surface area (TPSA) is 14.3 Å². The minimum Gasteiger partial charge on any atom is -0.309 e. The fourth-order valence-corrected chi connectivity index (χ4v) is 8.19. The van der Waals surface area contributed by atoms with Gasteiger partial charge in [-0.1, -0.05) is 97.1 Å². The standard InChI is InChI=1S/C42H25N3/c1-6-16-34-27(11-1)28-12-2-7-17-35(28)43(34)26-21-23-39-33(25-26)30-14-4-8-18-36(30)44(39)40-24-22-31-29-13-3-9-19-37(29)45-38-20-10-5-15-32(38)41(40)42(31)45/h1-25H. The van der Waals surface area contributed by atoms with E-state index in [2.05, 4.69) is 165 Å². The van der Waals surface area contributed by atoms with Crippen molar-refractivity contribution in [1.29, 1.82) is 0 Å². The molecule has 0 radical (unpaired) electrons. The number of fused-ring (bicyclic) bond motifs is 12. The van der Waals surface area contributed by atoms with Crippen molar-refractivity contribution in [3.05, 3.63) is 152 Å². The number of para-hydroxylation sites is 5. The summed E-state index contributed by atoms with van der Waals surface area (Å²) in [5, 5.41) is 10.3. The van der Waals surface area contributed by atoms with Gasteiger partial charge in [-0.2, -0.15) is 0 Å². The lowest BCUT2D eigenvalue weighted by Crippen LogP contribution is -1.96. The molecule has 0 N–H and O–H groups in total. The lowest BCUT2D eigenvalue weighted by molar-refractivity contribution is 1.17.